The molecular formula is C22H28F3N5O. The zero-order valence-corrected chi connectivity index (χ0v) is 18.0. The molecule has 1 aromatic rings. The molecule has 0 bridgehead atoms. The summed E-state index contributed by atoms with van der Waals surface area (Å²) >= 11 is 0. The van der Waals surface area contributed by atoms with Crippen molar-refractivity contribution in [2.24, 2.45) is 4.99 Å². The Balaban J connectivity index is 2.08. The molecule has 9 heteroatoms. The molecule has 2 saturated heterocycles. The second kappa shape index (κ2) is 9.64. The number of halogens is 3. The Morgan fingerprint density at radius 2 is 2.13 bits per heavy atom. The second-order valence-electron chi connectivity index (χ2n) is 7.82. The number of amides is 1. The lowest BCUT2D eigenvalue weighted by Gasteiger charge is -2.33. The number of nitrogens with zero attached hydrogens (tertiary/aromatic N) is 3. The number of alkyl halides is 3. The number of allylic oxidation sites excluding steroid dienone is 2. The largest absolute Gasteiger partial charge is 0.416 e. The van der Waals surface area contributed by atoms with Gasteiger partial charge < -0.3 is 15.5 Å². The Morgan fingerprint density at radius 3 is 2.81 bits per heavy atom. The fourth-order valence-electron chi connectivity index (χ4n) is 3.66. The maximum absolute atomic E-state index is 13.7. The van der Waals surface area contributed by atoms with Crippen LogP contribution in [-0.2, 0) is 11.0 Å². The van der Waals surface area contributed by atoms with Crippen LogP contribution in [0.4, 0.5) is 19.0 Å². The van der Waals surface area contributed by atoms with Crippen molar-refractivity contribution < 1.29 is 18.0 Å². The highest BCUT2D eigenvalue weighted by molar-refractivity contribution is 6.14. The molecule has 2 aliphatic rings. The minimum Gasteiger partial charge on any atom is -0.354 e. The topological polar surface area (TPSA) is 69.6 Å². The number of carbonyl (C=O) groups excluding carboxylic acids is 1. The molecular weight excluding hydrogens is 407 g/mol. The van der Waals surface area contributed by atoms with Crippen LogP contribution in [0.5, 0.6) is 0 Å². The maximum Gasteiger partial charge on any atom is 0.416 e. The van der Waals surface area contributed by atoms with Gasteiger partial charge in [0, 0.05) is 43.9 Å². The molecule has 1 atom stereocenters. The molecule has 2 fully saturated rings. The quantitative estimate of drug-likeness (QED) is 0.753. The lowest BCUT2D eigenvalue weighted by molar-refractivity contribution is -0.137. The number of hydrogen-bond donors (Lipinski definition) is 2. The zero-order valence-electron chi connectivity index (χ0n) is 18.0. The summed E-state index contributed by atoms with van der Waals surface area (Å²) in [5, 5.41) is 6.02. The van der Waals surface area contributed by atoms with Crippen molar-refractivity contribution in [1.82, 2.24) is 15.6 Å². The Labute approximate surface area is 180 Å². The molecule has 3 rings (SSSR count). The van der Waals surface area contributed by atoms with Gasteiger partial charge in [-0.3, -0.25) is 4.79 Å². The smallest absolute Gasteiger partial charge is 0.354 e. The molecule has 168 valence electrons. The number of piperazine rings is 1. The van der Waals surface area contributed by atoms with Crippen LogP contribution in [0.3, 0.4) is 0 Å². The number of aliphatic imine (C=N–C) groups is 1. The number of hydrogen-bond acceptors (Lipinski definition) is 5. The molecule has 2 aliphatic heterocycles. The van der Waals surface area contributed by atoms with Crippen molar-refractivity contribution in [3.63, 3.8) is 0 Å². The zero-order chi connectivity index (χ0) is 22.6. The van der Waals surface area contributed by atoms with Gasteiger partial charge in [-0.05, 0) is 44.4 Å². The first-order valence-corrected chi connectivity index (χ1v) is 10.5. The van der Waals surface area contributed by atoms with Crippen LogP contribution in [0.15, 0.2) is 35.0 Å². The van der Waals surface area contributed by atoms with Gasteiger partial charge >= 0.3 is 6.18 Å². The van der Waals surface area contributed by atoms with Crippen molar-refractivity contribution in [2.75, 3.05) is 24.5 Å². The summed E-state index contributed by atoms with van der Waals surface area (Å²) in [5.41, 5.74) is 0.795. The van der Waals surface area contributed by atoms with Gasteiger partial charge in [-0.1, -0.05) is 13.0 Å². The number of pyridine rings is 1. The number of piperidine rings is 1. The van der Waals surface area contributed by atoms with E-state index in [1.165, 1.54) is 0 Å². The van der Waals surface area contributed by atoms with Gasteiger partial charge in [-0.2, -0.15) is 13.2 Å². The molecule has 2 N–H and O–H groups in total. The number of rotatable bonds is 4. The van der Waals surface area contributed by atoms with E-state index >= 15 is 0 Å². The molecule has 1 amide bonds. The third-order valence-corrected chi connectivity index (χ3v) is 5.36. The third-order valence-electron chi connectivity index (χ3n) is 5.36. The van der Waals surface area contributed by atoms with Crippen molar-refractivity contribution in [1.29, 1.82) is 0 Å². The van der Waals surface area contributed by atoms with E-state index < -0.39 is 11.7 Å². The average Bonchev–Trinajstić information content (AvgIpc) is 2.73. The fraction of sp³-hybridized carbons (Fsp3) is 0.500. The predicted molar refractivity (Wildman–Crippen MR) is 116 cm³/mol. The van der Waals surface area contributed by atoms with Gasteiger partial charge in [0.2, 0.25) is 5.91 Å². The number of carbonyl (C=O) groups is 1. The van der Waals surface area contributed by atoms with Gasteiger partial charge in [0.05, 0.1) is 11.3 Å². The average molecular weight is 435 g/mol. The second-order valence-corrected chi connectivity index (χ2v) is 7.82. The lowest BCUT2D eigenvalue weighted by atomic mass is 9.96. The van der Waals surface area contributed by atoms with Gasteiger partial charge in [-0.15, -0.1) is 0 Å². The molecule has 6 nitrogen and oxygen atoms in total. The van der Waals surface area contributed by atoms with Crippen molar-refractivity contribution in [2.45, 2.75) is 52.3 Å². The molecule has 3 heterocycles. The van der Waals surface area contributed by atoms with Gasteiger partial charge in [0.15, 0.2) is 0 Å². The van der Waals surface area contributed by atoms with E-state index in [2.05, 4.69) is 20.6 Å². The highest BCUT2D eigenvalue weighted by Gasteiger charge is 2.33. The van der Waals surface area contributed by atoms with Crippen LogP contribution < -0.4 is 15.5 Å². The Hall–Kier alpha value is -2.68. The standard InChI is InChI=1S/C22H28F3N5O/c1-4-5-8-27-21-17(6-7-20(31)29-21)15(3)18-11-16(22(23,24)25)12-19(28-18)30-10-9-26-14(2)13-30/h5,8,11-12,14,26H,4,6-7,9-10,13H2,1-3H3,(H,27,29,31)/b8-5+,17-15+. The number of aromatic nitrogens is 1. The molecule has 0 aromatic carbocycles. The number of amidine groups is 1. The van der Waals surface area contributed by atoms with E-state index in [9.17, 15) is 18.0 Å². The van der Waals surface area contributed by atoms with E-state index in [0.717, 1.165) is 18.6 Å². The van der Waals surface area contributed by atoms with E-state index in [-0.39, 0.29) is 24.1 Å². The van der Waals surface area contributed by atoms with E-state index in [1.54, 1.807) is 13.1 Å². The van der Waals surface area contributed by atoms with Gasteiger partial charge in [0.25, 0.3) is 0 Å². The van der Waals surface area contributed by atoms with Crippen LogP contribution in [0.1, 0.15) is 51.3 Å². The fourth-order valence-corrected chi connectivity index (χ4v) is 3.66. The van der Waals surface area contributed by atoms with Gasteiger partial charge in [-0.25, -0.2) is 9.98 Å². The molecule has 0 spiro atoms. The van der Waals surface area contributed by atoms with E-state index in [0.29, 0.717) is 48.9 Å². The Kier molecular flexibility index (Phi) is 7.15. The van der Waals surface area contributed by atoms with E-state index in [1.807, 2.05) is 24.8 Å². The highest BCUT2D eigenvalue weighted by Crippen LogP contribution is 2.34. The van der Waals surface area contributed by atoms with Crippen LogP contribution in [-0.4, -0.2) is 42.4 Å². The minimum atomic E-state index is -4.49. The number of anilines is 1. The molecule has 0 saturated carbocycles. The first-order chi connectivity index (χ1) is 14.7. The number of nitrogens with one attached hydrogen (secondary N) is 2. The summed E-state index contributed by atoms with van der Waals surface area (Å²) in [6.07, 6.45) is 0.385. The molecule has 1 unspecified atom stereocenters. The molecule has 31 heavy (non-hydrogen) atoms. The van der Waals surface area contributed by atoms with Crippen LogP contribution in [0.25, 0.3) is 5.57 Å². The first-order valence-electron chi connectivity index (χ1n) is 10.5. The van der Waals surface area contributed by atoms with Crippen LogP contribution in [0, 0.1) is 0 Å². The summed E-state index contributed by atoms with van der Waals surface area (Å²) in [5.74, 6) is 0.519. The Bertz CT molecular complexity index is 920. The van der Waals surface area contributed by atoms with Crippen molar-refractivity contribution in [3.8, 4) is 0 Å². The van der Waals surface area contributed by atoms with Crippen molar-refractivity contribution in [3.05, 3.63) is 41.2 Å². The summed E-state index contributed by atoms with van der Waals surface area (Å²) in [4.78, 5) is 22.7. The normalized spacial score (nSPS) is 23.4. The summed E-state index contributed by atoms with van der Waals surface area (Å²) < 4.78 is 41.0. The molecule has 0 radical (unpaired) electrons. The van der Waals surface area contributed by atoms with E-state index in [4.69, 9.17) is 0 Å². The SMILES string of the molecule is CC/C=C/N=C1\NC(=O)CC\C1=C(\C)c1cc(C(F)(F)F)cc(N2CCNC(C)C2)n1. The lowest BCUT2D eigenvalue weighted by Crippen LogP contribution is -2.49. The van der Waals surface area contributed by atoms with Crippen molar-refractivity contribution >= 4 is 23.1 Å². The summed E-state index contributed by atoms with van der Waals surface area (Å²) in [7, 11) is 0. The first kappa shape index (κ1) is 23.0. The Morgan fingerprint density at radius 1 is 1.35 bits per heavy atom. The summed E-state index contributed by atoms with van der Waals surface area (Å²) in [6.45, 7) is 7.53. The molecule has 1 aromatic heterocycles. The predicted octanol–water partition coefficient (Wildman–Crippen LogP) is 3.90. The van der Waals surface area contributed by atoms with Crippen LogP contribution >= 0.6 is 0 Å². The maximum atomic E-state index is 13.7. The monoisotopic (exact) mass is 435 g/mol. The van der Waals surface area contributed by atoms with Gasteiger partial charge in [0.1, 0.15) is 11.7 Å². The highest BCUT2D eigenvalue weighted by atomic mass is 19.4. The minimum absolute atomic E-state index is 0.158. The van der Waals surface area contributed by atoms with Crippen LogP contribution in [0.2, 0.25) is 0 Å². The summed E-state index contributed by atoms with van der Waals surface area (Å²) in [6, 6.07) is 2.35. The molecule has 0 aliphatic carbocycles. The third kappa shape index (κ3) is 5.72.